The molecule has 0 aliphatic carbocycles. The van der Waals surface area contributed by atoms with Crippen LogP contribution in [0.4, 0.5) is 10.2 Å². The maximum atomic E-state index is 13.3. The van der Waals surface area contributed by atoms with Crippen LogP contribution in [-0.4, -0.2) is 40.9 Å². The number of aliphatic hydroxyl groups is 1. The molecule has 5 nitrogen and oxygen atoms in total. The molecule has 122 valence electrons. The molecule has 8 heteroatoms. The second-order valence-electron chi connectivity index (χ2n) is 5.83. The van der Waals surface area contributed by atoms with Crippen molar-refractivity contribution in [3.05, 3.63) is 28.9 Å². The third kappa shape index (κ3) is 2.97. The molecule has 23 heavy (non-hydrogen) atoms. The minimum absolute atomic E-state index is 0.422. The predicted molar refractivity (Wildman–Crippen MR) is 96.7 cm³/mol. The highest BCUT2D eigenvalue weighted by Gasteiger charge is 2.34. The lowest BCUT2D eigenvalue weighted by Gasteiger charge is -2.26. The number of thiazole rings is 1. The van der Waals surface area contributed by atoms with Gasteiger partial charge in [-0.1, -0.05) is 0 Å². The number of pyridine rings is 1. The van der Waals surface area contributed by atoms with Gasteiger partial charge in [0.15, 0.2) is 0 Å². The minimum atomic E-state index is -1.04. The van der Waals surface area contributed by atoms with Crippen LogP contribution in [0, 0.1) is 0 Å². The summed E-state index contributed by atoms with van der Waals surface area (Å²) in [6.07, 6.45) is 2.42. The lowest BCUT2D eigenvalue weighted by atomic mass is 10.2. The number of nitrogens with one attached hydrogen (secondary N) is 1. The fourth-order valence-electron chi connectivity index (χ4n) is 2.96. The van der Waals surface area contributed by atoms with Gasteiger partial charge in [0.1, 0.15) is 17.0 Å². The van der Waals surface area contributed by atoms with Crippen molar-refractivity contribution in [1.82, 2.24) is 15.3 Å². The topological polar surface area (TPSA) is 61.3 Å². The Hall–Kier alpha value is -0.840. The molecule has 0 radical (unpaired) electrons. The van der Waals surface area contributed by atoms with Gasteiger partial charge < -0.3 is 10.0 Å². The van der Waals surface area contributed by atoms with E-state index in [0.29, 0.717) is 26.1 Å². The van der Waals surface area contributed by atoms with E-state index in [1.807, 2.05) is 39.6 Å². The number of aromatic nitrogens is 2. The lowest BCUT2D eigenvalue weighted by molar-refractivity contribution is 0.115. The summed E-state index contributed by atoms with van der Waals surface area (Å²) < 4.78 is 12.3. The number of anilines is 1. The molecule has 1 saturated heterocycles. The highest BCUT2D eigenvalue weighted by atomic mass is 127. The Morgan fingerprint density at radius 3 is 3.00 bits per heavy atom. The van der Waals surface area contributed by atoms with E-state index in [4.69, 9.17) is 0 Å². The van der Waals surface area contributed by atoms with E-state index in [0.717, 1.165) is 33.4 Å². The van der Waals surface area contributed by atoms with E-state index in [1.165, 1.54) is 11.3 Å². The van der Waals surface area contributed by atoms with Crippen molar-refractivity contribution >= 4 is 39.7 Å². The van der Waals surface area contributed by atoms with Crippen molar-refractivity contribution in [3.63, 3.8) is 0 Å². The van der Waals surface area contributed by atoms with Gasteiger partial charge in [-0.2, -0.15) is 0 Å². The number of hydrogen-bond donors (Lipinski definition) is 2. The van der Waals surface area contributed by atoms with E-state index in [1.54, 1.807) is 6.20 Å². The second kappa shape index (κ2) is 5.91. The maximum Gasteiger partial charge on any atom is 0.206 e. The highest BCUT2D eigenvalue weighted by Crippen LogP contribution is 2.39. The molecule has 2 aromatic rings. The zero-order valence-corrected chi connectivity index (χ0v) is 15.3. The van der Waals surface area contributed by atoms with Gasteiger partial charge in [0.05, 0.1) is 17.1 Å². The van der Waals surface area contributed by atoms with E-state index in [-0.39, 0.29) is 0 Å². The average molecular weight is 446 g/mol. The van der Waals surface area contributed by atoms with Gasteiger partial charge in [0, 0.05) is 31.3 Å². The normalized spacial score (nSPS) is 27.3. The van der Waals surface area contributed by atoms with Crippen LogP contribution in [0.5, 0.6) is 0 Å². The van der Waals surface area contributed by atoms with Crippen LogP contribution in [0.25, 0.3) is 10.6 Å². The number of nitrogens with zero attached hydrogens (tertiary/aromatic N) is 3. The standard InChI is InChI=1S/C15H16FIN4OS/c16-10-4-6-21(8-10)12-2-1-9(7-18-12)14-20-11-3-5-19-15(17,22)13(11)23-14/h1-2,7,10,19,22H,3-6,8H2/t10-,15?/m1/s1. The highest BCUT2D eigenvalue weighted by molar-refractivity contribution is 14.1. The number of fused-ring (bicyclic) bond motifs is 1. The van der Waals surface area contributed by atoms with Crippen molar-refractivity contribution in [2.45, 2.75) is 22.7 Å². The molecule has 2 aliphatic rings. The quantitative estimate of drug-likeness (QED) is 0.422. The molecule has 1 unspecified atom stereocenters. The molecule has 2 N–H and O–H groups in total. The van der Waals surface area contributed by atoms with E-state index in [9.17, 15) is 9.50 Å². The summed E-state index contributed by atoms with van der Waals surface area (Å²) in [6, 6.07) is 3.89. The Kier molecular flexibility index (Phi) is 4.02. The number of halogens is 2. The molecule has 2 aromatic heterocycles. The van der Waals surface area contributed by atoms with Crippen LogP contribution in [0.2, 0.25) is 0 Å². The van der Waals surface area contributed by atoms with Gasteiger partial charge in [0.25, 0.3) is 0 Å². The van der Waals surface area contributed by atoms with Crippen molar-refractivity contribution in [2.24, 2.45) is 0 Å². The minimum Gasteiger partial charge on any atom is -0.363 e. The third-order valence-electron chi connectivity index (χ3n) is 4.17. The van der Waals surface area contributed by atoms with Crippen molar-refractivity contribution in [3.8, 4) is 10.6 Å². The summed E-state index contributed by atoms with van der Waals surface area (Å²) in [7, 11) is 0. The second-order valence-corrected chi connectivity index (χ2v) is 8.39. The van der Waals surface area contributed by atoms with Crippen molar-refractivity contribution in [1.29, 1.82) is 0 Å². The van der Waals surface area contributed by atoms with Crippen LogP contribution in [0.15, 0.2) is 18.3 Å². The van der Waals surface area contributed by atoms with Crippen molar-refractivity contribution < 1.29 is 9.50 Å². The predicted octanol–water partition coefficient (Wildman–Crippen LogP) is 2.44. The van der Waals surface area contributed by atoms with Crippen LogP contribution in [0.1, 0.15) is 17.0 Å². The summed E-state index contributed by atoms with van der Waals surface area (Å²) in [5.74, 6) is 0.808. The Bertz CT molecular complexity index is 721. The number of rotatable bonds is 2. The molecular weight excluding hydrogens is 430 g/mol. The summed E-state index contributed by atoms with van der Waals surface area (Å²) >= 11 is 3.49. The van der Waals surface area contributed by atoms with Crippen LogP contribution in [0.3, 0.4) is 0 Å². The van der Waals surface area contributed by atoms with Gasteiger partial charge in [-0.3, -0.25) is 5.32 Å². The summed E-state index contributed by atoms with van der Waals surface area (Å²) in [5.41, 5.74) is 1.88. The molecule has 4 heterocycles. The first-order valence-electron chi connectivity index (χ1n) is 7.55. The number of hydrogen-bond acceptors (Lipinski definition) is 6. The molecule has 1 fully saturated rings. The van der Waals surface area contributed by atoms with Gasteiger partial charge in [0.2, 0.25) is 3.73 Å². The van der Waals surface area contributed by atoms with Gasteiger partial charge >= 0.3 is 0 Å². The summed E-state index contributed by atoms with van der Waals surface area (Å²) in [4.78, 5) is 11.9. The van der Waals surface area contributed by atoms with E-state index >= 15 is 0 Å². The zero-order valence-electron chi connectivity index (χ0n) is 12.3. The fourth-order valence-corrected chi connectivity index (χ4v) is 4.93. The van der Waals surface area contributed by atoms with E-state index < -0.39 is 9.90 Å². The van der Waals surface area contributed by atoms with Gasteiger partial charge in [-0.25, -0.2) is 14.4 Å². The largest absolute Gasteiger partial charge is 0.363 e. The first-order chi connectivity index (χ1) is 11.0. The molecule has 0 aromatic carbocycles. The lowest BCUT2D eigenvalue weighted by Crippen LogP contribution is -2.41. The Balaban J connectivity index is 1.60. The first-order valence-corrected chi connectivity index (χ1v) is 9.44. The Morgan fingerprint density at radius 1 is 1.48 bits per heavy atom. The molecule has 4 rings (SSSR count). The SMILES string of the molecule is OC1(I)NCCc2nc(-c3ccc(N4CC[C@@H](F)C4)nc3)sc21. The Labute approximate surface area is 151 Å². The van der Waals surface area contributed by atoms with Crippen molar-refractivity contribution in [2.75, 3.05) is 24.5 Å². The van der Waals surface area contributed by atoms with Crippen LogP contribution in [-0.2, 0) is 10.2 Å². The van der Waals surface area contributed by atoms with E-state index in [2.05, 4.69) is 15.3 Å². The Morgan fingerprint density at radius 2 is 2.35 bits per heavy atom. The van der Waals surface area contributed by atoms with Crippen LogP contribution < -0.4 is 10.2 Å². The third-order valence-corrected chi connectivity index (χ3v) is 6.71. The first kappa shape index (κ1) is 15.7. The molecule has 2 atom stereocenters. The molecule has 0 amide bonds. The van der Waals surface area contributed by atoms with Gasteiger partial charge in [-0.05, 0) is 41.1 Å². The molecule has 0 saturated carbocycles. The molecule has 0 spiro atoms. The molecule has 2 aliphatic heterocycles. The summed E-state index contributed by atoms with van der Waals surface area (Å²) in [5, 5.41) is 14.3. The monoisotopic (exact) mass is 446 g/mol. The maximum absolute atomic E-state index is 13.3. The average Bonchev–Trinajstić information content (AvgIpc) is 3.14. The van der Waals surface area contributed by atoms with Crippen LogP contribution >= 0.6 is 33.9 Å². The van der Waals surface area contributed by atoms with Gasteiger partial charge in [-0.15, -0.1) is 11.3 Å². The smallest absolute Gasteiger partial charge is 0.206 e. The molecule has 0 bridgehead atoms. The zero-order chi connectivity index (χ0) is 16.0. The number of alkyl halides is 2. The summed E-state index contributed by atoms with van der Waals surface area (Å²) in [6.45, 7) is 1.85. The fraction of sp³-hybridized carbons (Fsp3) is 0.467. The molecular formula is C15H16FIN4OS.